The molecule has 0 spiro atoms. The molecular formula is C25H21FN4O2S. The standard InChI is InChI=1S/C25H21FN4O2S/c26-20-5-1-3-17(11-20)8-10-28-24-22(25(32)29-14-18-4-2-9-27-13-18)6-7-23(30-24)19-12-21(15-31)33-16-19/h1-7,9,11-13,15-16H,8,10,14H2,(H,28,30)(H,29,32). The maximum Gasteiger partial charge on any atom is 0.255 e. The largest absolute Gasteiger partial charge is 0.369 e. The molecular weight excluding hydrogens is 439 g/mol. The molecule has 0 aliphatic heterocycles. The molecule has 166 valence electrons. The van der Waals surface area contributed by atoms with Gasteiger partial charge in [0.1, 0.15) is 11.6 Å². The number of halogens is 1. The van der Waals surface area contributed by atoms with Crippen LogP contribution in [0.1, 0.15) is 31.2 Å². The molecule has 4 rings (SSSR count). The third kappa shape index (κ3) is 5.87. The molecule has 0 bridgehead atoms. The number of thiophene rings is 1. The molecule has 3 aromatic heterocycles. The number of hydrogen-bond acceptors (Lipinski definition) is 6. The molecule has 2 N–H and O–H groups in total. The van der Waals surface area contributed by atoms with E-state index in [0.29, 0.717) is 41.5 Å². The summed E-state index contributed by atoms with van der Waals surface area (Å²) in [5, 5.41) is 7.96. The van der Waals surface area contributed by atoms with Gasteiger partial charge in [-0.3, -0.25) is 14.6 Å². The summed E-state index contributed by atoms with van der Waals surface area (Å²) < 4.78 is 13.5. The lowest BCUT2D eigenvalue weighted by atomic mass is 10.1. The van der Waals surface area contributed by atoms with Gasteiger partial charge in [0.05, 0.1) is 16.1 Å². The summed E-state index contributed by atoms with van der Waals surface area (Å²) >= 11 is 1.33. The van der Waals surface area contributed by atoms with Crippen molar-refractivity contribution in [3.8, 4) is 11.3 Å². The fraction of sp³-hybridized carbons (Fsp3) is 0.120. The number of rotatable bonds is 9. The minimum atomic E-state index is -0.286. The van der Waals surface area contributed by atoms with Crippen LogP contribution in [-0.2, 0) is 13.0 Å². The summed E-state index contributed by atoms with van der Waals surface area (Å²) in [6.07, 6.45) is 4.73. The zero-order valence-electron chi connectivity index (χ0n) is 17.6. The highest BCUT2D eigenvalue weighted by molar-refractivity contribution is 7.12. The number of carbonyl (C=O) groups excluding carboxylic acids is 2. The van der Waals surface area contributed by atoms with Gasteiger partial charge in [0.25, 0.3) is 5.91 Å². The summed E-state index contributed by atoms with van der Waals surface area (Å²) in [5.74, 6) is -0.136. The van der Waals surface area contributed by atoms with Crippen LogP contribution in [-0.4, -0.2) is 28.7 Å². The van der Waals surface area contributed by atoms with Crippen LogP contribution in [0, 0.1) is 5.82 Å². The minimum Gasteiger partial charge on any atom is -0.369 e. The van der Waals surface area contributed by atoms with Gasteiger partial charge in [-0.2, -0.15) is 0 Å². The van der Waals surface area contributed by atoms with E-state index in [-0.39, 0.29) is 11.7 Å². The number of amides is 1. The van der Waals surface area contributed by atoms with Crippen molar-refractivity contribution in [2.45, 2.75) is 13.0 Å². The molecule has 3 heterocycles. The predicted octanol–water partition coefficient (Wildman–Crippen LogP) is 4.74. The zero-order valence-corrected chi connectivity index (χ0v) is 18.4. The molecule has 0 fully saturated rings. The number of carbonyl (C=O) groups is 2. The molecule has 4 aromatic rings. The fourth-order valence-corrected chi connectivity index (χ4v) is 3.99. The van der Waals surface area contributed by atoms with Crippen LogP contribution in [0.2, 0.25) is 0 Å². The summed E-state index contributed by atoms with van der Waals surface area (Å²) in [5.41, 5.74) is 3.58. The highest BCUT2D eigenvalue weighted by Gasteiger charge is 2.15. The van der Waals surface area contributed by atoms with Gasteiger partial charge in [0.15, 0.2) is 6.29 Å². The number of benzene rings is 1. The number of aromatic nitrogens is 2. The normalized spacial score (nSPS) is 10.6. The summed E-state index contributed by atoms with van der Waals surface area (Å²) in [6, 6.07) is 15.3. The molecule has 0 radical (unpaired) electrons. The third-order valence-electron chi connectivity index (χ3n) is 4.94. The molecule has 0 unspecified atom stereocenters. The van der Waals surface area contributed by atoms with Crippen molar-refractivity contribution in [3.05, 3.63) is 99.8 Å². The highest BCUT2D eigenvalue weighted by atomic mass is 32.1. The molecule has 0 aliphatic carbocycles. The van der Waals surface area contributed by atoms with Crippen molar-refractivity contribution < 1.29 is 14.0 Å². The van der Waals surface area contributed by atoms with Gasteiger partial charge in [0, 0.05) is 36.4 Å². The van der Waals surface area contributed by atoms with E-state index in [1.807, 2.05) is 23.6 Å². The quantitative estimate of drug-likeness (QED) is 0.353. The van der Waals surface area contributed by atoms with Crippen molar-refractivity contribution in [1.82, 2.24) is 15.3 Å². The van der Waals surface area contributed by atoms with E-state index in [1.165, 1.54) is 23.5 Å². The second-order valence-corrected chi connectivity index (χ2v) is 8.24. The first kappa shape index (κ1) is 22.3. The topological polar surface area (TPSA) is 84.0 Å². The van der Waals surface area contributed by atoms with Crippen LogP contribution in [0.25, 0.3) is 11.3 Å². The minimum absolute atomic E-state index is 0.273. The second kappa shape index (κ2) is 10.6. The van der Waals surface area contributed by atoms with Gasteiger partial charge in [-0.25, -0.2) is 9.37 Å². The van der Waals surface area contributed by atoms with Crippen LogP contribution < -0.4 is 10.6 Å². The van der Waals surface area contributed by atoms with E-state index < -0.39 is 0 Å². The molecule has 6 nitrogen and oxygen atoms in total. The van der Waals surface area contributed by atoms with E-state index in [1.54, 1.807) is 36.7 Å². The van der Waals surface area contributed by atoms with Gasteiger partial charge in [0.2, 0.25) is 0 Å². The lowest BCUT2D eigenvalue weighted by molar-refractivity contribution is 0.0951. The fourth-order valence-electron chi connectivity index (χ4n) is 3.28. The van der Waals surface area contributed by atoms with Crippen molar-refractivity contribution in [2.24, 2.45) is 0 Å². The molecule has 8 heteroatoms. The number of nitrogens with one attached hydrogen (secondary N) is 2. The molecule has 0 atom stereocenters. The first-order valence-corrected chi connectivity index (χ1v) is 11.2. The molecule has 1 amide bonds. The lowest BCUT2D eigenvalue weighted by Gasteiger charge is -2.13. The van der Waals surface area contributed by atoms with Crippen molar-refractivity contribution in [1.29, 1.82) is 0 Å². The first-order valence-electron chi connectivity index (χ1n) is 10.3. The average molecular weight is 461 g/mol. The SMILES string of the molecule is O=Cc1cc(-c2ccc(C(=O)NCc3cccnc3)c(NCCc3cccc(F)c3)n2)cs1. The van der Waals surface area contributed by atoms with Gasteiger partial charge >= 0.3 is 0 Å². The first-order chi connectivity index (χ1) is 16.1. The predicted molar refractivity (Wildman–Crippen MR) is 127 cm³/mol. The molecule has 1 aromatic carbocycles. The average Bonchev–Trinajstić information content (AvgIpc) is 3.33. The monoisotopic (exact) mass is 460 g/mol. The van der Waals surface area contributed by atoms with E-state index in [9.17, 15) is 14.0 Å². The summed E-state index contributed by atoms with van der Waals surface area (Å²) in [4.78, 5) is 33.3. The molecule has 0 saturated heterocycles. The third-order valence-corrected chi connectivity index (χ3v) is 5.80. The highest BCUT2D eigenvalue weighted by Crippen LogP contribution is 2.26. The molecule has 0 aliphatic rings. The van der Waals surface area contributed by atoms with Crippen LogP contribution in [0.4, 0.5) is 10.2 Å². The Labute approximate surface area is 194 Å². The van der Waals surface area contributed by atoms with Gasteiger partial charge < -0.3 is 10.6 Å². The van der Waals surface area contributed by atoms with E-state index in [4.69, 9.17) is 0 Å². The lowest BCUT2D eigenvalue weighted by Crippen LogP contribution is -2.24. The van der Waals surface area contributed by atoms with Crippen molar-refractivity contribution >= 4 is 29.3 Å². The van der Waals surface area contributed by atoms with Crippen LogP contribution >= 0.6 is 11.3 Å². The Kier molecular flexibility index (Phi) is 7.16. The van der Waals surface area contributed by atoms with Crippen molar-refractivity contribution in [2.75, 3.05) is 11.9 Å². The number of anilines is 1. The van der Waals surface area contributed by atoms with E-state index in [0.717, 1.165) is 23.0 Å². The molecule has 0 saturated carbocycles. The molecule has 33 heavy (non-hydrogen) atoms. The maximum atomic E-state index is 13.5. The van der Waals surface area contributed by atoms with Crippen LogP contribution in [0.3, 0.4) is 0 Å². The van der Waals surface area contributed by atoms with Crippen LogP contribution in [0.5, 0.6) is 0 Å². The van der Waals surface area contributed by atoms with Crippen molar-refractivity contribution in [3.63, 3.8) is 0 Å². The Balaban J connectivity index is 1.54. The smallest absolute Gasteiger partial charge is 0.255 e. The van der Waals surface area contributed by atoms with E-state index >= 15 is 0 Å². The van der Waals surface area contributed by atoms with Gasteiger partial charge in [-0.1, -0.05) is 18.2 Å². The summed E-state index contributed by atoms with van der Waals surface area (Å²) in [6.45, 7) is 0.802. The Morgan fingerprint density at radius 2 is 1.97 bits per heavy atom. The van der Waals surface area contributed by atoms with Gasteiger partial charge in [-0.15, -0.1) is 11.3 Å². The number of aldehydes is 1. The maximum absolute atomic E-state index is 13.5. The van der Waals surface area contributed by atoms with E-state index in [2.05, 4.69) is 20.6 Å². The Bertz CT molecular complexity index is 1260. The second-order valence-electron chi connectivity index (χ2n) is 7.30. The Hall–Kier alpha value is -3.91. The van der Waals surface area contributed by atoms with Crippen LogP contribution in [0.15, 0.2) is 72.4 Å². The zero-order chi connectivity index (χ0) is 23.0. The van der Waals surface area contributed by atoms with Gasteiger partial charge in [-0.05, 0) is 53.9 Å². The number of nitrogens with zero attached hydrogens (tertiary/aromatic N) is 2. The number of hydrogen-bond donors (Lipinski definition) is 2. The Morgan fingerprint density at radius 1 is 1.09 bits per heavy atom. The Morgan fingerprint density at radius 3 is 2.73 bits per heavy atom. The summed E-state index contributed by atoms with van der Waals surface area (Å²) in [7, 11) is 0. The number of pyridine rings is 2.